The molecule has 1 saturated carbocycles. The molecule has 0 aromatic heterocycles. The highest BCUT2D eigenvalue weighted by Crippen LogP contribution is 2.47. The summed E-state index contributed by atoms with van der Waals surface area (Å²) in [7, 11) is 0. The largest absolute Gasteiger partial charge is 0.347 e. The highest BCUT2D eigenvalue weighted by Gasteiger charge is 2.46. The van der Waals surface area contributed by atoms with Crippen molar-refractivity contribution in [3.63, 3.8) is 0 Å². The molecule has 1 aliphatic heterocycles. The minimum atomic E-state index is -0.250. The summed E-state index contributed by atoms with van der Waals surface area (Å²) in [4.78, 5) is 2.54. The third-order valence-corrected chi connectivity index (χ3v) is 6.52. The van der Waals surface area contributed by atoms with Crippen LogP contribution in [-0.2, 0) is 9.47 Å². The molecule has 142 valence electrons. The van der Waals surface area contributed by atoms with E-state index in [2.05, 4.69) is 46.4 Å². The summed E-state index contributed by atoms with van der Waals surface area (Å²) >= 11 is 0. The lowest BCUT2D eigenvalue weighted by molar-refractivity contribution is -0.197. The van der Waals surface area contributed by atoms with E-state index in [-0.39, 0.29) is 5.79 Å². The molecule has 1 atom stereocenters. The van der Waals surface area contributed by atoms with Gasteiger partial charge in [-0.2, -0.15) is 0 Å². The van der Waals surface area contributed by atoms with Crippen molar-refractivity contribution < 1.29 is 9.47 Å². The molecule has 3 nitrogen and oxygen atoms in total. The van der Waals surface area contributed by atoms with Crippen molar-refractivity contribution in [2.24, 2.45) is 17.3 Å². The first-order valence-electron chi connectivity index (χ1n) is 10.3. The Hall–Kier alpha value is -0.120. The Morgan fingerprint density at radius 3 is 2.38 bits per heavy atom. The Morgan fingerprint density at radius 1 is 1.17 bits per heavy atom. The van der Waals surface area contributed by atoms with Crippen LogP contribution < -0.4 is 0 Å². The van der Waals surface area contributed by atoms with Crippen molar-refractivity contribution in [2.45, 2.75) is 92.0 Å². The molecule has 0 amide bonds. The number of hydrogen-bond donors (Lipinski definition) is 0. The van der Waals surface area contributed by atoms with E-state index in [1.165, 1.54) is 25.8 Å². The summed E-state index contributed by atoms with van der Waals surface area (Å²) in [6.45, 7) is 18.2. The van der Waals surface area contributed by atoms with Gasteiger partial charge in [-0.05, 0) is 43.1 Å². The molecule has 1 spiro atoms. The normalized spacial score (nSPS) is 31.5. The maximum absolute atomic E-state index is 6.44. The number of rotatable bonds is 8. The summed E-state index contributed by atoms with van der Waals surface area (Å²) in [6, 6.07) is 0. The van der Waals surface area contributed by atoms with Crippen molar-refractivity contribution in [1.82, 2.24) is 4.90 Å². The Balaban J connectivity index is 1.77. The van der Waals surface area contributed by atoms with Gasteiger partial charge in [-0.15, -0.1) is 0 Å². The quantitative estimate of drug-likeness (QED) is 0.614. The third-order valence-electron chi connectivity index (χ3n) is 6.52. The number of ether oxygens (including phenoxy) is 2. The summed E-state index contributed by atoms with van der Waals surface area (Å²) in [5.74, 6) is 1.30. The summed E-state index contributed by atoms with van der Waals surface area (Å²) in [6.07, 6.45) is 7.33. The summed E-state index contributed by atoms with van der Waals surface area (Å²) in [5.41, 5.74) is 0.456. The minimum absolute atomic E-state index is 0.250. The molecule has 2 fully saturated rings. The molecule has 1 unspecified atom stereocenters. The first kappa shape index (κ1) is 20.2. The van der Waals surface area contributed by atoms with Crippen LogP contribution in [0, 0.1) is 17.3 Å². The van der Waals surface area contributed by atoms with Crippen molar-refractivity contribution >= 4 is 0 Å². The lowest BCUT2D eigenvalue weighted by Gasteiger charge is -2.42. The van der Waals surface area contributed by atoms with Gasteiger partial charge in [0.05, 0.1) is 12.7 Å². The molecule has 1 saturated heterocycles. The zero-order valence-corrected chi connectivity index (χ0v) is 17.1. The van der Waals surface area contributed by atoms with Gasteiger partial charge in [0, 0.05) is 25.9 Å². The molecule has 0 aromatic rings. The molecular formula is C21H41NO2. The summed E-state index contributed by atoms with van der Waals surface area (Å²) in [5, 5.41) is 0. The van der Waals surface area contributed by atoms with Crippen molar-refractivity contribution in [3.05, 3.63) is 0 Å². The molecule has 24 heavy (non-hydrogen) atoms. The lowest BCUT2D eigenvalue weighted by atomic mass is 9.68. The third kappa shape index (κ3) is 5.19. The number of nitrogens with zero attached hydrogens (tertiary/aromatic N) is 1. The Kier molecular flexibility index (Phi) is 7.16. The Bertz CT molecular complexity index is 372. The van der Waals surface area contributed by atoms with E-state index in [0.717, 1.165) is 50.8 Å². The van der Waals surface area contributed by atoms with E-state index in [0.29, 0.717) is 11.5 Å². The van der Waals surface area contributed by atoms with E-state index >= 15 is 0 Å². The molecule has 1 aliphatic carbocycles. The van der Waals surface area contributed by atoms with Crippen LogP contribution in [0.1, 0.15) is 80.1 Å². The fourth-order valence-corrected chi connectivity index (χ4v) is 4.37. The second kappa shape index (κ2) is 8.51. The second-order valence-electron chi connectivity index (χ2n) is 9.15. The average Bonchev–Trinajstić information content (AvgIpc) is 2.94. The molecule has 2 aliphatic rings. The monoisotopic (exact) mass is 339 g/mol. The summed E-state index contributed by atoms with van der Waals surface area (Å²) < 4.78 is 12.6. The molecule has 0 N–H and O–H groups in total. The van der Waals surface area contributed by atoms with Crippen molar-refractivity contribution in [2.75, 3.05) is 26.2 Å². The molecule has 3 heteroatoms. The van der Waals surface area contributed by atoms with Gasteiger partial charge in [-0.25, -0.2) is 0 Å². The highest BCUT2D eigenvalue weighted by atomic mass is 16.7. The minimum Gasteiger partial charge on any atom is -0.347 e. The van der Waals surface area contributed by atoms with E-state index in [1.807, 2.05) is 0 Å². The highest BCUT2D eigenvalue weighted by molar-refractivity contribution is 4.89. The maximum atomic E-state index is 6.44. The average molecular weight is 340 g/mol. The van der Waals surface area contributed by atoms with Crippen LogP contribution in [0.3, 0.4) is 0 Å². The predicted octanol–water partition coefficient (Wildman–Crippen LogP) is 5.09. The SMILES string of the molecule is CCN(CCC1COC2(CCC(C(C)(C)CC)CC2)O1)CC(C)C. The van der Waals surface area contributed by atoms with Crippen LogP contribution >= 0.6 is 0 Å². The van der Waals surface area contributed by atoms with E-state index < -0.39 is 0 Å². The predicted molar refractivity (Wildman–Crippen MR) is 101 cm³/mol. The smallest absolute Gasteiger partial charge is 0.168 e. The van der Waals surface area contributed by atoms with Gasteiger partial charge in [-0.1, -0.05) is 48.0 Å². The standard InChI is InChI=1S/C21H41NO2/c1-7-20(5,6)18-9-12-21(13-10-18)23-16-19(24-21)11-14-22(8-2)15-17(3)4/h17-19H,7-16H2,1-6H3. The van der Waals surface area contributed by atoms with Crippen LogP contribution in [0.2, 0.25) is 0 Å². The lowest BCUT2D eigenvalue weighted by Crippen LogP contribution is -2.39. The molecule has 0 radical (unpaired) electrons. The fraction of sp³-hybridized carbons (Fsp3) is 1.00. The van der Waals surface area contributed by atoms with Crippen LogP contribution in [0.25, 0.3) is 0 Å². The molecular weight excluding hydrogens is 298 g/mol. The maximum Gasteiger partial charge on any atom is 0.168 e. The van der Waals surface area contributed by atoms with Gasteiger partial charge in [0.2, 0.25) is 0 Å². The van der Waals surface area contributed by atoms with Gasteiger partial charge in [0.1, 0.15) is 0 Å². The first-order chi connectivity index (χ1) is 11.3. The van der Waals surface area contributed by atoms with E-state index in [4.69, 9.17) is 9.47 Å². The van der Waals surface area contributed by atoms with Gasteiger partial charge in [0.25, 0.3) is 0 Å². The zero-order chi connectivity index (χ0) is 17.8. The van der Waals surface area contributed by atoms with Crippen molar-refractivity contribution in [1.29, 1.82) is 0 Å². The van der Waals surface area contributed by atoms with Crippen LogP contribution in [0.4, 0.5) is 0 Å². The first-order valence-corrected chi connectivity index (χ1v) is 10.3. The fourth-order valence-electron chi connectivity index (χ4n) is 4.37. The Morgan fingerprint density at radius 2 is 1.83 bits per heavy atom. The van der Waals surface area contributed by atoms with Crippen LogP contribution in [0.5, 0.6) is 0 Å². The van der Waals surface area contributed by atoms with Crippen LogP contribution in [-0.4, -0.2) is 43.0 Å². The van der Waals surface area contributed by atoms with Gasteiger partial charge >= 0.3 is 0 Å². The Labute approximate surface area is 150 Å². The number of hydrogen-bond acceptors (Lipinski definition) is 3. The topological polar surface area (TPSA) is 21.7 Å². The van der Waals surface area contributed by atoms with E-state index in [9.17, 15) is 0 Å². The van der Waals surface area contributed by atoms with E-state index in [1.54, 1.807) is 0 Å². The van der Waals surface area contributed by atoms with Crippen LogP contribution in [0.15, 0.2) is 0 Å². The second-order valence-corrected chi connectivity index (χ2v) is 9.15. The van der Waals surface area contributed by atoms with Gasteiger partial charge in [-0.3, -0.25) is 0 Å². The molecule has 1 heterocycles. The zero-order valence-electron chi connectivity index (χ0n) is 17.1. The van der Waals surface area contributed by atoms with Gasteiger partial charge in [0.15, 0.2) is 5.79 Å². The van der Waals surface area contributed by atoms with Crippen molar-refractivity contribution in [3.8, 4) is 0 Å². The van der Waals surface area contributed by atoms with Gasteiger partial charge < -0.3 is 14.4 Å². The molecule has 2 rings (SSSR count). The molecule has 0 aromatic carbocycles. The molecule has 0 bridgehead atoms.